The fraction of sp³-hybridized carbons (Fsp3) is 0. The number of benzene rings is 1. The van der Waals surface area contributed by atoms with Crippen molar-refractivity contribution < 1.29 is 8.78 Å². The summed E-state index contributed by atoms with van der Waals surface area (Å²) in [5.74, 6) is -1.64. The van der Waals surface area contributed by atoms with Gasteiger partial charge < -0.3 is 0 Å². The van der Waals surface area contributed by atoms with Crippen molar-refractivity contribution in [2.45, 2.75) is 0 Å². The molecular formula is C11H6F2N2S. The van der Waals surface area contributed by atoms with Crippen molar-refractivity contribution in [3.8, 4) is 10.4 Å². The minimum absolute atomic E-state index is 0.274. The number of thiazole rings is 1. The van der Waals surface area contributed by atoms with Crippen molar-refractivity contribution in [2.24, 2.45) is 0 Å². The van der Waals surface area contributed by atoms with Gasteiger partial charge in [-0.25, -0.2) is 13.8 Å². The Kier molecular flexibility index (Phi) is 2.00. The Morgan fingerprint density at radius 2 is 2.12 bits per heavy atom. The Hall–Kier alpha value is -1.75. The monoisotopic (exact) mass is 236 g/mol. The van der Waals surface area contributed by atoms with Gasteiger partial charge in [0.15, 0.2) is 16.6 Å². The van der Waals surface area contributed by atoms with Gasteiger partial charge in [-0.2, -0.15) is 0 Å². The van der Waals surface area contributed by atoms with Crippen LogP contribution in [0.2, 0.25) is 0 Å². The van der Waals surface area contributed by atoms with E-state index in [0.717, 1.165) is 11.0 Å². The van der Waals surface area contributed by atoms with Gasteiger partial charge in [-0.1, -0.05) is 23.5 Å². The summed E-state index contributed by atoms with van der Waals surface area (Å²) in [4.78, 5) is 5.51. The maximum atomic E-state index is 13.5. The van der Waals surface area contributed by atoms with Gasteiger partial charge in [0.2, 0.25) is 0 Å². The zero-order valence-corrected chi connectivity index (χ0v) is 8.84. The molecule has 0 unspecified atom stereocenters. The molecule has 3 rings (SSSR count). The van der Waals surface area contributed by atoms with Crippen LogP contribution in [0.15, 0.2) is 36.8 Å². The lowest BCUT2D eigenvalue weighted by molar-refractivity contribution is 0.511. The molecule has 0 radical (unpaired) electrons. The molecule has 0 bridgehead atoms. The maximum Gasteiger partial charge on any atom is 0.194 e. The second-order valence-electron chi connectivity index (χ2n) is 3.31. The zero-order valence-electron chi connectivity index (χ0n) is 8.02. The zero-order chi connectivity index (χ0) is 11.1. The highest BCUT2D eigenvalue weighted by molar-refractivity contribution is 7.20. The average Bonchev–Trinajstić information content (AvgIpc) is 2.81. The molecule has 0 aliphatic rings. The SMILES string of the molecule is Fc1cccc(-c2cn3ccnc3s2)c1F. The summed E-state index contributed by atoms with van der Waals surface area (Å²) in [7, 11) is 0. The third kappa shape index (κ3) is 1.32. The standard InChI is InChI=1S/C11H6F2N2S/c12-8-3-1-2-7(10(8)13)9-6-15-5-4-14-11(15)16-9/h1-6H. The normalized spacial score (nSPS) is 11.1. The van der Waals surface area contributed by atoms with Crippen LogP contribution in [-0.4, -0.2) is 9.38 Å². The molecule has 0 aliphatic heterocycles. The van der Waals surface area contributed by atoms with Crippen molar-refractivity contribution in [1.29, 1.82) is 0 Å². The summed E-state index contributed by atoms with van der Waals surface area (Å²) in [6, 6.07) is 4.16. The van der Waals surface area contributed by atoms with Crippen LogP contribution >= 0.6 is 11.3 Å². The molecule has 2 heterocycles. The van der Waals surface area contributed by atoms with Crippen LogP contribution in [0.4, 0.5) is 8.78 Å². The summed E-state index contributed by atoms with van der Waals surface area (Å²) in [6.45, 7) is 0. The minimum atomic E-state index is -0.830. The number of halogens is 2. The summed E-state index contributed by atoms with van der Waals surface area (Å²) in [6.07, 6.45) is 5.18. The number of hydrogen-bond acceptors (Lipinski definition) is 2. The van der Waals surface area contributed by atoms with E-state index >= 15 is 0 Å². The molecule has 5 heteroatoms. The van der Waals surface area contributed by atoms with Crippen LogP contribution in [0.25, 0.3) is 15.4 Å². The summed E-state index contributed by atoms with van der Waals surface area (Å²) >= 11 is 1.33. The van der Waals surface area contributed by atoms with Crippen LogP contribution < -0.4 is 0 Å². The Morgan fingerprint density at radius 3 is 2.94 bits per heavy atom. The Labute approximate surface area is 93.8 Å². The molecule has 0 amide bonds. The van der Waals surface area contributed by atoms with E-state index in [0.29, 0.717) is 4.88 Å². The van der Waals surface area contributed by atoms with Crippen molar-refractivity contribution in [3.63, 3.8) is 0 Å². The molecule has 0 saturated heterocycles. The molecule has 0 fully saturated rings. The van der Waals surface area contributed by atoms with Crippen molar-refractivity contribution >= 4 is 16.3 Å². The maximum absolute atomic E-state index is 13.5. The number of imidazole rings is 1. The fourth-order valence-corrected chi connectivity index (χ4v) is 2.51. The third-order valence-corrected chi connectivity index (χ3v) is 3.35. The van der Waals surface area contributed by atoms with E-state index < -0.39 is 11.6 Å². The van der Waals surface area contributed by atoms with Crippen LogP contribution in [0.1, 0.15) is 0 Å². The van der Waals surface area contributed by atoms with Gasteiger partial charge in [-0.15, -0.1) is 0 Å². The predicted octanol–water partition coefficient (Wildman–Crippen LogP) is 3.34. The van der Waals surface area contributed by atoms with Crippen LogP contribution in [0.3, 0.4) is 0 Å². The molecule has 0 atom stereocenters. The van der Waals surface area contributed by atoms with E-state index in [2.05, 4.69) is 4.98 Å². The van der Waals surface area contributed by atoms with Gasteiger partial charge in [0.05, 0.1) is 4.88 Å². The molecular weight excluding hydrogens is 230 g/mol. The van der Waals surface area contributed by atoms with Crippen LogP contribution in [0.5, 0.6) is 0 Å². The molecule has 2 aromatic heterocycles. The number of rotatable bonds is 1. The van der Waals surface area contributed by atoms with E-state index in [4.69, 9.17) is 0 Å². The summed E-state index contributed by atoms with van der Waals surface area (Å²) in [5, 5.41) is 0. The highest BCUT2D eigenvalue weighted by Gasteiger charge is 2.12. The van der Waals surface area contributed by atoms with E-state index in [-0.39, 0.29) is 5.56 Å². The molecule has 0 spiro atoms. The molecule has 1 aromatic carbocycles. The van der Waals surface area contributed by atoms with E-state index in [1.165, 1.54) is 17.4 Å². The molecule has 80 valence electrons. The highest BCUT2D eigenvalue weighted by atomic mass is 32.1. The molecule has 0 N–H and O–H groups in total. The highest BCUT2D eigenvalue weighted by Crippen LogP contribution is 2.30. The Balaban J connectivity index is 2.23. The lowest BCUT2D eigenvalue weighted by Gasteiger charge is -1.99. The van der Waals surface area contributed by atoms with Crippen molar-refractivity contribution in [3.05, 3.63) is 48.4 Å². The first kappa shape index (κ1) is 9.47. The summed E-state index contributed by atoms with van der Waals surface area (Å²) in [5.41, 5.74) is 0.274. The third-order valence-electron chi connectivity index (χ3n) is 2.31. The van der Waals surface area contributed by atoms with E-state index in [9.17, 15) is 8.78 Å². The number of hydrogen-bond donors (Lipinski definition) is 0. The second kappa shape index (κ2) is 3.38. The smallest absolute Gasteiger partial charge is 0.194 e. The largest absolute Gasteiger partial charge is 0.297 e. The first-order chi connectivity index (χ1) is 7.75. The Morgan fingerprint density at radius 1 is 1.25 bits per heavy atom. The average molecular weight is 236 g/mol. The molecule has 3 aromatic rings. The first-order valence-electron chi connectivity index (χ1n) is 4.62. The van der Waals surface area contributed by atoms with Crippen molar-refractivity contribution in [1.82, 2.24) is 9.38 Å². The molecule has 16 heavy (non-hydrogen) atoms. The van der Waals surface area contributed by atoms with Crippen LogP contribution in [-0.2, 0) is 0 Å². The van der Waals surface area contributed by atoms with Gasteiger partial charge >= 0.3 is 0 Å². The number of aromatic nitrogens is 2. The predicted molar refractivity (Wildman–Crippen MR) is 58.4 cm³/mol. The Bertz CT molecular complexity index is 628. The van der Waals surface area contributed by atoms with Gasteiger partial charge in [-0.05, 0) is 6.07 Å². The molecule has 0 aliphatic carbocycles. The van der Waals surface area contributed by atoms with Gasteiger partial charge in [0.25, 0.3) is 0 Å². The lowest BCUT2D eigenvalue weighted by atomic mass is 10.2. The quantitative estimate of drug-likeness (QED) is 0.633. The number of fused-ring (bicyclic) bond motifs is 1. The van der Waals surface area contributed by atoms with Gasteiger partial charge in [-0.3, -0.25) is 4.40 Å². The van der Waals surface area contributed by atoms with Crippen molar-refractivity contribution in [2.75, 3.05) is 0 Å². The summed E-state index contributed by atoms with van der Waals surface area (Å²) < 4.78 is 28.4. The minimum Gasteiger partial charge on any atom is -0.297 e. The number of nitrogens with zero attached hydrogens (tertiary/aromatic N) is 2. The molecule has 2 nitrogen and oxygen atoms in total. The van der Waals surface area contributed by atoms with E-state index in [1.54, 1.807) is 29.1 Å². The van der Waals surface area contributed by atoms with E-state index in [1.807, 2.05) is 0 Å². The lowest BCUT2D eigenvalue weighted by Crippen LogP contribution is -1.86. The molecule has 0 saturated carbocycles. The topological polar surface area (TPSA) is 17.3 Å². The first-order valence-corrected chi connectivity index (χ1v) is 5.44. The van der Waals surface area contributed by atoms with Crippen LogP contribution in [0, 0.1) is 11.6 Å². The second-order valence-corrected chi connectivity index (χ2v) is 4.32. The fourth-order valence-electron chi connectivity index (χ4n) is 1.55. The van der Waals surface area contributed by atoms with Gasteiger partial charge in [0.1, 0.15) is 0 Å². The van der Waals surface area contributed by atoms with Gasteiger partial charge in [0, 0.05) is 24.2 Å².